The second-order valence-corrected chi connectivity index (χ2v) is 8.60. The van der Waals surface area contributed by atoms with Crippen molar-refractivity contribution in [2.45, 2.75) is 22.1 Å². The Hall–Kier alpha value is 1.32. The van der Waals surface area contributed by atoms with Crippen LogP contribution in [0.4, 0.5) is 0 Å². The van der Waals surface area contributed by atoms with Gasteiger partial charge < -0.3 is 0 Å². The summed E-state index contributed by atoms with van der Waals surface area (Å²) in [5, 5.41) is 0. The number of rotatable bonds is 3. The second kappa shape index (κ2) is 5.42. The summed E-state index contributed by atoms with van der Waals surface area (Å²) >= 11 is 10.1. The van der Waals surface area contributed by atoms with Crippen LogP contribution >= 0.6 is 43.5 Å². The fourth-order valence-corrected chi connectivity index (χ4v) is 2.81. The molecule has 1 aliphatic heterocycles. The van der Waals surface area contributed by atoms with Crippen molar-refractivity contribution in [3.63, 3.8) is 0 Å². The average molecular weight is 355 g/mol. The Kier molecular flexibility index (Phi) is 5.16. The number of nitrogens with zero attached hydrogens (tertiary/aromatic N) is 1. The van der Waals surface area contributed by atoms with E-state index in [9.17, 15) is 4.21 Å². The molecule has 0 saturated carbocycles. The van der Waals surface area contributed by atoms with Gasteiger partial charge in [-0.05, 0) is 44.7 Å². The normalized spacial score (nSPS) is 23.0. The first-order valence-corrected chi connectivity index (χ1v) is 6.92. The monoisotopic (exact) mass is 353 g/mol. The fourth-order valence-electron chi connectivity index (χ4n) is 1.15. The molecule has 0 N–H and O–H groups in total. The lowest BCUT2D eigenvalue weighted by molar-refractivity contribution is 0.293. The first kappa shape index (κ1) is 12.4. The summed E-state index contributed by atoms with van der Waals surface area (Å²) in [7, 11) is 0. The molecule has 1 atom stereocenters. The lowest BCUT2D eigenvalue weighted by Gasteiger charge is -2.25. The highest BCUT2D eigenvalue weighted by Crippen LogP contribution is 2.34. The predicted octanol–water partition coefficient (Wildman–Crippen LogP) is 2.71. The molecule has 0 bridgehead atoms. The molecule has 0 aromatic heterocycles. The Labute approximate surface area is 102 Å². The highest BCUT2D eigenvalue weighted by Gasteiger charge is 2.27. The van der Waals surface area contributed by atoms with E-state index >= 15 is 0 Å². The highest BCUT2D eigenvalue weighted by molar-refractivity contribution is 9.26. The Morgan fingerprint density at radius 2 is 1.85 bits per heavy atom. The summed E-state index contributed by atoms with van der Waals surface area (Å²) in [6.07, 6.45) is 3.33. The zero-order valence-electron chi connectivity index (χ0n) is 6.84. The molecule has 3 nitrogen and oxygen atoms in total. The lowest BCUT2D eigenvalue weighted by Crippen LogP contribution is -2.34. The zero-order chi connectivity index (χ0) is 9.90. The van der Waals surface area contributed by atoms with Gasteiger partial charge in [-0.3, -0.25) is 0 Å². The van der Waals surface area contributed by atoms with E-state index in [1.165, 1.54) is 6.42 Å². The molecule has 0 amide bonds. The van der Waals surface area contributed by atoms with Crippen molar-refractivity contribution >= 4 is 54.7 Å². The number of halogens is 3. The standard InChI is InChI=1S/C6H10Br2ClNO2S/c7-6(8,9)12-13(11)10-4-2-1-3-5-10/h1-5H2. The first-order chi connectivity index (χ1) is 5.99. The van der Waals surface area contributed by atoms with Crippen molar-refractivity contribution in [3.05, 3.63) is 0 Å². The molecule has 1 rings (SSSR count). The molecule has 0 aromatic rings. The number of alkyl halides is 3. The van der Waals surface area contributed by atoms with Crippen LogP contribution in [0.1, 0.15) is 19.3 Å². The van der Waals surface area contributed by atoms with E-state index in [4.69, 9.17) is 15.8 Å². The van der Waals surface area contributed by atoms with Crippen LogP contribution in [0.15, 0.2) is 0 Å². The summed E-state index contributed by atoms with van der Waals surface area (Å²) in [4.78, 5) is 0. The minimum absolute atomic E-state index is 0.805. The number of hydrogen-bond acceptors (Lipinski definition) is 2. The van der Waals surface area contributed by atoms with Crippen LogP contribution in [0.2, 0.25) is 0 Å². The molecule has 13 heavy (non-hydrogen) atoms. The third-order valence-electron chi connectivity index (χ3n) is 1.69. The summed E-state index contributed by atoms with van der Waals surface area (Å²) < 4.78 is 17.0. The molecule has 0 aromatic carbocycles. The van der Waals surface area contributed by atoms with E-state index in [1.54, 1.807) is 4.31 Å². The zero-order valence-corrected chi connectivity index (χ0v) is 11.6. The van der Waals surface area contributed by atoms with Crippen LogP contribution in [0.5, 0.6) is 0 Å². The molecule has 1 saturated heterocycles. The molecule has 0 radical (unpaired) electrons. The molecule has 1 unspecified atom stereocenters. The van der Waals surface area contributed by atoms with E-state index in [0.717, 1.165) is 25.9 Å². The number of piperidine rings is 1. The quantitative estimate of drug-likeness (QED) is 0.729. The molecule has 1 heterocycles. The van der Waals surface area contributed by atoms with Crippen molar-refractivity contribution in [2.75, 3.05) is 13.1 Å². The van der Waals surface area contributed by atoms with Gasteiger partial charge in [0.05, 0.1) is 0 Å². The summed E-state index contributed by atoms with van der Waals surface area (Å²) in [6.45, 7) is 1.61. The maximum atomic E-state index is 11.5. The van der Waals surface area contributed by atoms with E-state index in [1.807, 2.05) is 0 Å². The van der Waals surface area contributed by atoms with Crippen molar-refractivity contribution in [3.8, 4) is 0 Å². The molecular formula is C6H10Br2ClNO2S. The van der Waals surface area contributed by atoms with Crippen LogP contribution in [0, 0.1) is 0 Å². The van der Waals surface area contributed by atoms with E-state index < -0.39 is 14.1 Å². The van der Waals surface area contributed by atoms with Gasteiger partial charge in [-0.2, -0.15) is 0 Å². The Balaban J connectivity index is 2.38. The smallest absolute Gasteiger partial charge is 0.232 e. The third-order valence-corrected chi connectivity index (χ3v) is 3.79. The maximum Gasteiger partial charge on any atom is 0.269 e. The Morgan fingerprint density at radius 1 is 1.31 bits per heavy atom. The molecule has 0 aliphatic carbocycles. The molecule has 0 spiro atoms. The SMILES string of the molecule is O=S(OC(Cl)(Br)Br)N1CCCCC1. The fraction of sp³-hybridized carbons (Fsp3) is 1.00. The van der Waals surface area contributed by atoms with Gasteiger partial charge in [-0.25, -0.2) is 12.7 Å². The second-order valence-electron chi connectivity index (χ2n) is 2.74. The van der Waals surface area contributed by atoms with Gasteiger partial charge in [0, 0.05) is 13.1 Å². The summed E-state index contributed by atoms with van der Waals surface area (Å²) in [5.74, 6) is 0. The van der Waals surface area contributed by atoms with Gasteiger partial charge in [-0.15, -0.1) is 0 Å². The van der Waals surface area contributed by atoms with Gasteiger partial charge in [0.1, 0.15) is 0 Å². The minimum Gasteiger partial charge on any atom is -0.232 e. The van der Waals surface area contributed by atoms with Gasteiger partial charge in [0.2, 0.25) is 11.3 Å². The number of hydrogen-bond donors (Lipinski definition) is 0. The summed E-state index contributed by atoms with van der Waals surface area (Å²) in [5.41, 5.74) is 0. The first-order valence-electron chi connectivity index (χ1n) is 3.92. The molecule has 1 aliphatic rings. The molecule has 1 fully saturated rings. The van der Waals surface area contributed by atoms with Crippen LogP contribution in [0.3, 0.4) is 0 Å². The van der Waals surface area contributed by atoms with Crippen LogP contribution in [0.25, 0.3) is 0 Å². The van der Waals surface area contributed by atoms with Gasteiger partial charge in [0.25, 0.3) is 2.88 Å². The molecular weight excluding hydrogens is 345 g/mol. The van der Waals surface area contributed by atoms with Gasteiger partial charge in [0.15, 0.2) is 0 Å². The predicted molar refractivity (Wildman–Crippen MR) is 61.1 cm³/mol. The van der Waals surface area contributed by atoms with Crippen LogP contribution in [-0.4, -0.2) is 24.5 Å². The minimum atomic E-state index is -1.47. The van der Waals surface area contributed by atoms with Crippen molar-refractivity contribution in [2.24, 2.45) is 0 Å². The summed E-state index contributed by atoms with van der Waals surface area (Å²) in [6, 6.07) is 0. The van der Waals surface area contributed by atoms with Crippen LogP contribution in [-0.2, 0) is 15.4 Å². The van der Waals surface area contributed by atoms with Crippen LogP contribution < -0.4 is 0 Å². The van der Waals surface area contributed by atoms with E-state index in [0.29, 0.717) is 0 Å². The topological polar surface area (TPSA) is 29.5 Å². The lowest BCUT2D eigenvalue weighted by atomic mass is 10.2. The molecule has 78 valence electrons. The van der Waals surface area contributed by atoms with Gasteiger partial charge in [-0.1, -0.05) is 18.0 Å². The Bertz CT molecular complexity index is 194. The van der Waals surface area contributed by atoms with E-state index in [2.05, 4.69) is 31.9 Å². The van der Waals surface area contributed by atoms with E-state index in [-0.39, 0.29) is 0 Å². The highest BCUT2D eigenvalue weighted by atomic mass is 79.9. The molecule has 7 heteroatoms. The van der Waals surface area contributed by atoms with Crippen molar-refractivity contribution in [1.82, 2.24) is 4.31 Å². The van der Waals surface area contributed by atoms with Gasteiger partial charge >= 0.3 is 0 Å². The average Bonchev–Trinajstić information content (AvgIpc) is 2.03. The largest absolute Gasteiger partial charge is 0.269 e. The van der Waals surface area contributed by atoms with Crippen molar-refractivity contribution in [1.29, 1.82) is 0 Å². The Morgan fingerprint density at radius 3 is 2.31 bits per heavy atom. The maximum absolute atomic E-state index is 11.5. The van der Waals surface area contributed by atoms with Crippen molar-refractivity contribution < 1.29 is 8.39 Å². The third kappa shape index (κ3) is 5.09.